The van der Waals surface area contributed by atoms with Crippen molar-refractivity contribution in [2.24, 2.45) is 59.2 Å². The molecular formula is C50H82O. The molecule has 51 heavy (non-hydrogen) atoms. The summed E-state index contributed by atoms with van der Waals surface area (Å²) < 4.78 is 6.37. The van der Waals surface area contributed by atoms with Gasteiger partial charge in [0.1, 0.15) is 0 Å². The molecule has 12 atom stereocenters. The molecule has 0 radical (unpaired) electrons. The van der Waals surface area contributed by atoms with E-state index in [1.807, 2.05) is 0 Å². The predicted octanol–water partition coefficient (Wildman–Crippen LogP) is 14.7. The molecule has 1 nitrogen and oxygen atoms in total. The minimum atomic E-state index is 0.562. The Balaban J connectivity index is 0.000000172. The molecule has 6 rings (SSSR count). The van der Waals surface area contributed by atoms with Gasteiger partial charge >= 0.3 is 0 Å². The van der Waals surface area contributed by atoms with Crippen LogP contribution in [-0.2, 0) is 11.2 Å². The van der Waals surface area contributed by atoms with Crippen LogP contribution in [-0.4, -0.2) is 12.2 Å². The second-order valence-electron chi connectivity index (χ2n) is 19.4. The van der Waals surface area contributed by atoms with Gasteiger partial charge < -0.3 is 4.74 Å². The highest BCUT2D eigenvalue weighted by atomic mass is 16.5. The topological polar surface area (TPSA) is 9.23 Å². The Labute approximate surface area is 317 Å². The summed E-state index contributed by atoms with van der Waals surface area (Å²) in [4.78, 5) is 0. The first kappa shape index (κ1) is 42.1. The number of benzene rings is 2. The van der Waals surface area contributed by atoms with E-state index < -0.39 is 0 Å². The fourth-order valence-electron chi connectivity index (χ4n) is 9.80. The Morgan fingerprint density at radius 3 is 1.10 bits per heavy atom. The van der Waals surface area contributed by atoms with Crippen molar-refractivity contribution in [3.05, 3.63) is 69.8 Å². The quantitative estimate of drug-likeness (QED) is 0.292. The SMILES string of the molecule is CC1CCC(CC2CCC(C)C(C)C2)CC1C.CC1CCC(OC2CCC(C)C(C)C2)CC1C.Cc1ccc(Cc2ccc(C)c(C)c2)cc1C. The average Bonchev–Trinajstić information content (AvgIpc) is 3.08. The van der Waals surface area contributed by atoms with Crippen LogP contribution >= 0.6 is 0 Å². The zero-order valence-corrected chi connectivity index (χ0v) is 35.7. The number of hydrogen-bond acceptors (Lipinski definition) is 1. The van der Waals surface area contributed by atoms with Crippen molar-refractivity contribution in [2.75, 3.05) is 0 Å². The summed E-state index contributed by atoms with van der Waals surface area (Å²) in [5.41, 5.74) is 8.30. The fraction of sp³-hybridized carbons (Fsp3) is 0.760. The van der Waals surface area contributed by atoms with E-state index in [-0.39, 0.29) is 0 Å². The van der Waals surface area contributed by atoms with Crippen LogP contribution in [0.3, 0.4) is 0 Å². The van der Waals surface area contributed by atoms with Crippen LogP contribution in [0, 0.1) is 86.9 Å². The first-order valence-corrected chi connectivity index (χ1v) is 22.0. The van der Waals surface area contributed by atoms with Crippen LogP contribution in [0.15, 0.2) is 36.4 Å². The Morgan fingerprint density at radius 2 is 0.765 bits per heavy atom. The first-order valence-electron chi connectivity index (χ1n) is 22.0. The highest BCUT2D eigenvalue weighted by molar-refractivity contribution is 5.36. The van der Waals surface area contributed by atoms with Crippen molar-refractivity contribution in [2.45, 2.75) is 185 Å². The summed E-state index contributed by atoms with van der Waals surface area (Å²) in [6.07, 6.45) is 20.7. The molecule has 4 aliphatic rings. The summed E-state index contributed by atoms with van der Waals surface area (Å²) in [5, 5.41) is 0. The minimum Gasteiger partial charge on any atom is -0.375 e. The molecule has 12 unspecified atom stereocenters. The predicted molar refractivity (Wildman–Crippen MR) is 224 cm³/mol. The third kappa shape index (κ3) is 13.3. The molecule has 0 spiro atoms. The van der Waals surface area contributed by atoms with Gasteiger partial charge in [-0.25, -0.2) is 0 Å². The molecule has 1 heteroatoms. The molecule has 0 N–H and O–H groups in total. The zero-order valence-electron chi connectivity index (χ0n) is 35.7. The van der Waals surface area contributed by atoms with Gasteiger partial charge in [-0.2, -0.15) is 0 Å². The van der Waals surface area contributed by atoms with Gasteiger partial charge in [0.15, 0.2) is 0 Å². The van der Waals surface area contributed by atoms with Crippen molar-refractivity contribution < 1.29 is 4.74 Å². The van der Waals surface area contributed by atoms with Crippen LogP contribution in [0.4, 0.5) is 0 Å². The Bertz CT molecular complexity index is 1160. The lowest BCUT2D eigenvalue weighted by atomic mass is 9.68. The Kier molecular flexibility index (Phi) is 16.7. The lowest BCUT2D eigenvalue weighted by Gasteiger charge is -2.38. The molecule has 0 saturated heterocycles. The third-order valence-corrected chi connectivity index (χ3v) is 15.1. The second kappa shape index (κ2) is 20.2. The van der Waals surface area contributed by atoms with Crippen LogP contribution in [0.1, 0.15) is 172 Å². The number of rotatable bonds is 6. The van der Waals surface area contributed by atoms with Crippen LogP contribution in [0.25, 0.3) is 0 Å². The van der Waals surface area contributed by atoms with E-state index in [0.717, 1.165) is 65.6 Å². The monoisotopic (exact) mass is 699 g/mol. The molecule has 4 saturated carbocycles. The Morgan fingerprint density at radius 1 is 0.412 bits per heavy atom. The summed E-state index contributed by atoms with van der Waals surface area (Å²) in [7, 11) is 0. The lowest BCUT2D eigenvalue weighted by molar-refractivity contribution is -0.0731. The average molecular weight is 699 g/mol. The molecule has 0 amide bonds. The summed E-state index contributed by atoms with van der Waals surface area (Å²) in [5.74, 6) is 9.57. The molecular weight excluding hydrogens is 617 g/mol. The number of aryl methyl sites for hydroxylation is 4. The van der Waals surface area contributed by atoms with Crippen molar-refractivity contribution in [1.29, 1.82) is 0 Å². The second-order valence-corrected chi connectivity index (χ2v) is 19.4. The maximum atomic E-state index is 6.37. The minimum absolute atomic E-state index is 0.562. The number of ether oxygens (including phenoxy) is 1. The largest absolute Gasteiger partial charge is 0.375 e. The maximum Gasteiger partial charge on any atom is 0.0581 e. The van der Waals surface area contributed by atoms with Crippen molar-refractivity contribution in [1.82, 2.24) is 0 Å². The molecule has 288 valence electrons. The van der Waals surface area contributed by atoms with Crippen LogP contribution < -0.4 is 0 Å². The lowest BCUT2D eigenvalue weighted by Crippen LogP contribution is -2.34. The molecule has 0 heterocycles. The normalized spacial score (nSPS) is 35.5. The highest BCUT2D eigenvalue weighted by Crippen LogP contribution is 2.42. The van der Waals surface area contributed by atoms with E-state index in [1.165, 1.54) is 110 Å². The van der Waals surface area contributed by atoms with Gasteiger partial charge in [0, 0.05) is 0 Å². The van der Waals surface area contributed by atoms with Crippen molar-refractivity contribution >= 4 is 0 Å². The van der Waals surface area contributed by atoms with Gasteiger partial charge in [-0.15, -0.1) is 0 Å². The van der Waals surface area contributed by atoms with Gasteiger partial charge in [0.2, 0.25) is 0 Å². The fourth-order valence-corrected chi connectivity index (χ4v) is 9.80. The number of hydrogen-bond donors (Lipinski definition) is 0. The zero-order chi connectivity index (χ0) is 37.2. The summed E-state index contributed by atoms with van der Waals surface area (Å²) in [6.45, 7) is 28.1. The molecule has 0 aromatic heterocycles. The van der Waals surface area contributed by atoms with Gasteiger partial charge in [0.25, 0.3) is 0 Å². The molecule has 2 aromatic rings. The molecule has 0 bridgehead atoms. The maximum absolute atomic E-state index is 6.37. The van der Waals surface area contributed by atoms with Gasteiger partial charge in [-0.3, -0.25) is 0 Å². The first-order chi connectivity index (χ1) is 24.2. The molecule has 2 aromatic carbocycles. The Hall–Kier alpha value is -1.60. The summed E-state index contributed by atoms with van der Waals surface area (Å²) in [6, 6.07) is 13.5. The third-order valence-electron chi connectivity index (χ3n) is 15.1. The smallest absolute Gasteiger partial charge is 0.0581 e. The van der Waals surface area contributed by atoms with Gasteiger partial charge in [-0.1, -0.05) is 117 Å². The van der Waals surface area contributed by atoms with Crippen molar-refractivity contribution in [3.63, 3.8) is 0 Å². The van der Waals surface area contributed by atoms with E-state index in [9.17, 15) is 0 Å². The van der Waals surface area contributed by atoms with Crippen LogP contribution in [0.5, 0.6) is 0 Å². The molecule has 0 aliphatic heterocycles. The standard InChI is InChI=1S/C17H32.C17H20.C16H30O/c2*1-12-5-7-16(9-14(12)3)11-17-8-6-13(2)15(4)10-17;1-11-5-7-15(9-13(11)3)17-16-8-6-12(2)14(4)10-16/h12-17H,5-11H2,1-4H3;5-10H,11H2,1-4H3;11-16H,5-10H2,1-4H3. The van der Waals surface area contributed by atoms with E-state index in [1.54, 1.807) is 6.42 Å². The van der Waals surface area contributed by atoms with E-state index in [4.69, 9.17) is 4.74 Å². The molecule has 4 fully saturated rings. The van der Waals surface area contributed by atoms with Crippen molar-refractivity contribution in [3.8, 4) is 0 Å². The van der Waals surface area contributed by atoms with E-state index >= 15 is 0 Å². The van der Waals surface area contributed by atoms with Crippen LogP contribution in [0.2, 0.25) is 0 Å². The van der Waals surface area contributed by atoms with Gasteiger partial charge in [-0.05, 0) is 184 Å². The highest BCUT2D eigenvalue weighted by Gasteiger charge is 2.31. The molecule has 4 aliphatic carbocycles. The van der Waals surface area contributed by atoms with E-state index in [0.29, 0.717) is 12.2 Å². The summed E-state index contributed by atoms with van der Waals surface area (Å²) >= 11 is 0. The van der Waals surface area contributed by atoms with Gasteiger partial charge in [0.05, 0.1) is 12.2 Å². The van der Waals surface area contributed by atoms with E-state index in [2.05, 4.69) is 119 Å².